The van der Waals surface area contributed by atoms with Crippen molar-refractivity contribution in [2.75, 3.05) is 32.7 Å². The van der Waals surface area contributed by atoms with Gasteiger partial charge in [-0.05, 0) is 0 Å². The van der Waals surface area contributed by atoms with Gasteiger partial charge in [-0.15, -0.1) is 0 Å². The number of aliphatic carboxylic acids is 1. The molecule has 0 radical (unpaired) electrons. The van der Waals surface area contributed by atoms with Crippen molar-refractivity contribution in [2.24, 2.45) is 0 Å². The number of carbonyl (C=O) groups excluding carboxylic acids is 1. The standard InChI is InChI=1S/C10H16N2O3/c1-8(10(14)15)7-11-3-5-12(6-4-11)9(2)13/h1,3-7H2,2H3,(H,14,15). The summed E-state index contributed by atoms with van der Waals surface area (Å²) in [5.41, 5.74) is 0.200. The highest BCUT2D eigenvalue weighted by Gasteiger charge is 2.19. The Morgan fingerprint density at radius 3 is 2.20 bits per heavy atom. The monoisotopic (exact) mass is 212 g/mol. The summed E-state index contributed by atoms with van der Waals surface area (Å²) in [6, 6.07) is 0. The highest BCUT2D eigenvalue weighted by Crippen LogP contribution is 2.04. The SMILES string of the molecule is C=C(CN1CCN(C(C)=O)CC1)C(=O)O. The van der Waals surface area contributed by atoms with Gasteiger partial charge in [0.1, 0.15) is 0 Å². The number of piperazine rings is 1. The quantitative estimate of drug-likeness (QED) is 0.658. The number of hydrogen-bond donors (Lipinski definition) is 1. The van der Waals surface area contributed by atoms with E-state index in [1.165, 1.54) is 0 Å². The first-order valence-corrected chi connectivity index (χ1v) is 4.89. The van der Waals surface area contributed by atoms with E-state index in [-0.39, 0.29) is 11.5 Å². The molecular weight excluding hydrogens is 196 g/mol. The summed E-state index contributed by atoms with van der Waals surface area (Å²) < 4.78 is 0. The van der Waals surface area contributed by atoms with Gasteiger partial charge in [0.2, 0.25) is 5.91 Å². The summed E-state index contributed by atoms with van der Waals surface area (Å²) in [4.78, 5) is 25.3. The second kappa shape index (κ2) is 4.93. The Morgan fingerprint density at radius 1 is 1.27 bits per heavy atom. The molecule has 15 heavy (non-hydrogen) atoms. The molecule has 84 valence electrons. The number of carbonyl (C=O) groups is 2. The molecule has 1 fully saturated rings. The van der Waals surface area contributed by atoms with Gasteiger partial charge in [-0.2, -0.15) is 0 Å². The zero-order chi connectivity index (χ0) is 11.4. The number of carboxylic acid groups (broad SMARTS) is 1. The van der Waals surface area contributed by atoms with Gasteiger partial charge in [0.05, 0.1) is 0 Å². The second-order valence-corrected chi connectivity index (χ2v) is 3.69. The van der Waals surface area contributed by atoms with Crippen LogP contribution in [0.5, 0.6) is 0 Å². The number of hydrogen-bond acceptors (Lipinski definition) is 3. The van der Waals surface area contributed by atoms with E-state index in [0.29, 0.717) is 32.7 Å². The van der Waals surface area contributed by atoms with Gasteiger partial charge in [0.15, 0.2) is 0 Å². The Hall–Kier alpha value is -1.36. The lowest BCUT2D eigenvalue weighted by Crippen LogP contribution is -2.48. The molecule has 0 aromatic heterocycles. The Labute approximate surface area is 89.0 Å². The maximum Gasteiger partial charge on any atom is 0.332 e. The molecule has 0 saturated carbocycles. The van der Waals surface area contributed by atoms with Crippen LogP contribution in [0.25, 0.3) is 0 Å². The van der Waals surface area contributed by atoms with Crippen molar-refractivity contribution in [3.63, 3.8) is 0 Å². The minimum absolute atomic E-state index is 0.0757. The zero-order valence-corrected chi connectivity index (χ0v) is 8.90. The van der Waals surface area contributed by atoms with Crippen LogP contribution >= 0.6 is 0 Å². The molecule has 1 heterocycles. The smallest absolute Gasteiger partial charge is 0.332 e. The number of rotatable bonds is 3. The van der Waals surface area contributed by atoms with Crippen LogP contribution < -0.4 is 0 Å². The third kappa shape index (κ3) is 3.36. The number of nitrogens with zero attached hydrogens (tertiary/aromatic N) is 2. The molecule has 0 bridgehead atoms. The predicted molar refractivity (Wildman–Crippen MR) is 55.5 cm³/mol. The van der Waals surface area contributed by atoms with Crippen LogP contribution in [0, 0.1) is 0 Å². The normalized spacial score (nSPS) is 17.5. The van der Waals surface area contributed by atoms with Crippen molar-refractivity contribution >= 4 is 11.9 Å². The van der Waals surface area contributed by atoms with E-state index >= 15 is 0 Å². The van der Waals surface area contributed by atoms with Gasteiger partial charge in [0.25, 0.3) is 0 Å². The van der Waals surface area contributed by atoms with E-state index < -0.39 is 5.97 Å². The zero-order valence-electron chi connectivity index (χ0n) is 8.90. The topological polar surface area (TPSA) is 60.9 Å². The van der Waals surface area contributed by atoms with Gasteiger partial charge in [-0.3, -0.25) is 9.69 Å². The fourth-order valence-electron chi connectivity index (χ4n) is 1.56. The Kier molecular flexibility index (Phi) is 3.85. The van der Waals surface area contributed by atoms with Crippen molar-refractivity contribution in [2.45, 2.75) is 6.92 Å². The molecule has 0 atom stereocenters. The number of carboxylic acids is 1. The Morgan fingerprint density at radius 2 is 1.80 bits per heavy atom. The Balaban J connectivity index is 2.35. The van der Waals surface area contributed by atoms with Crippen LogP contribution in [0.1, 0.15) is 6.92 Å². The summed E-state index contributed by atoms with van der Waals surface area (Å²) in [5.74, 6) is -0.879. The van der Waals surface area contributed by atoms with Crippen LogP contribution in [0.3, 0.4) is 0 Å². The minimum Gasteiger partial charge on any atom is -0.478 e. The summed E-state index contributed by atoms with van der Waals surface area (Å²) in [5, 5.41) is 8.66. The van der Waals surface area contributed by atoms with Crippen molar-refractivity contribution in [3.05, 3.63) is 12.2 Å². The molecule has 1 rings (SSSR count). The van der Waals surface area contributed by atoms with Crippen LogP contribution in [-0.4, -0.2) is 59.5 Å². The lowest BCUT2D eigenvalue weighted by atomic mass is 10.2. The Bertz CT molecular complexity index is 280. The van der Waals surface area contributed by atoms with E-state index in [4.69, 9.17) is 5.11 Å². The second-order valence-electron chi connectivity index (χ2n) is 3.69. The van der Waals surface area contributed by atoms with Gasteiger partial charge in [0, 0.05) is 45.2 Å². The van der Waals surface area contributed by atoms with Gasteiger partial charge in [-0.25, -0.2) is 4.79 Å². The van der Waals surface area contributed by atoms with Crippen LogP contribution in [0.4, 0.5) is 0 Å². The van der Waals surface area contributed by atoms with Crippen molar-refractivity contribution < 1.29 is 14.7 Å². The van der Waals surface area contributed by atoms with Crippen LogP contribution in [0.2, 0.25) is 0 Å². The third-order valence-electron chi connectivity index (χ3n) is 2.53. The molecule has 0 aliphatic carbocycles. The minimum atomic E-state index is -0.955. The molecule has 1 amide bonds. The molecule has 0 aromatic carbocycles. The number of amides is 1. The lowest BCUT2D eigenvalue weighted by molar-refractivity contribution is -0.134. The molecule has 5 nitrogen and oxygen atoms in total. The molecular formula is C10H16N2O3. The van der Waals surface area contributed by atoms with Crippen molar-refractivity contribution in [1.29, 1.82) is 0 Å². The summed E-state index contributed by atoms with van der Waals surface area (Å²) in [6.45, 7) is 8.17. The van der Waals surface area contributed by atoms with E-state index in [1.54, 1.807) is 11.8 Å². The van der Waals surface area contributed by atoms with Crippen molar-refractivity contribution in [3.8, 4) is 0 Å². The first-order chi connectivity index (χ1) is 7.00. The van der Waals surface area contributed by atoms with E-state index in [0.717, 1.165) is 0 Å². The van der Waals surface area contributed by atoms with Gasteiger partial charge < -0.3 is 10.0 Å². The van der Waals surface area contributed by atoms with E-state index in [2.05, 4.69) is 6.58 Å². The van der Waals surface area contributed by atoms with Crippen LogP contribution in [0.15, 0.2) is 12.2 Å². The van der Waals surface area contributed by atoms with Crippen LogP contribution in [-0.2, 0) is 9.59 Å². The highest BCUT2D eigenvalue weighted by atomic mass is 16.4. The summed E-state index contributed by atoms with van der Waals surface area (Å²) in [6.07, 6.45) is 0. The predicted octanol–water partition coefficient (Wildman–Crippen LogP) is -0.209. The average molecular weight is 212 g/mol. The van der Waals surface area contributed by atoms with Crippen molar-refractivity contribution in [1.82, 2.24) is 9.80 Å². The summed E-state index contributed by atoms with van der Waals surface area (Å²) in [7, 11) is 0. The summed E-state index contributed by atoms with van der Waals surface area (Å²) >= 11 is 0. The first-order valence-electron chi connectivity index (χ1n) is 4.89. The molecule has 5 heteroatoms. The van der Waals surface area contributed by atoms with Gasteiger partial charge >= 0.3 is 5.97 Å². The average Bonchev–Trinajstić information content (AvgIpc) is 2.18. The maximum absolute atomic E-state index is 11.0. The fraction of sp³-hybridized carbons (Fsp3) is 0.600. The first kappa shape index (κ1) is 11.7. The molecule has 0 unspecified atom stereocenters. The molecule has 0 spiro atoms. The highest BCUT2D eigenvalue weighted by molar-refractivity contribution is 5.86. The third-order valence-corrected chi connectivity index (χ3v) is 2.53. The van der Waals surface area contributed by atoms with E-state index in [1.807, 2.05) is 4.90 Å². The lowest BCUT2D eigenvalue weighted by Gasteiger charge is -2.34. The molecule has 1 aliphatic heterocycles. The largest absolute Gasteiger partial charge is 0.478 e. The maximum atomic E-state index is 11.0. The molecule has 1 saturated heterocycles. The fourth-order valence-corrected chi connectivity index (χ4v) is 1.56. The van der Waals surface area contributed by atoms with E-state index in [9.17, 15) is 9.59 Å². The van der Waals surface area contributed by atoms with Gasteiger partial charge in [-0.1, -0.05) is 6.58 Å². The molecule has 1 N–H and O–H groups in total. The molecule has 0 aromatic rings. The molecule has 1 aliphatic rings.